The average molecular weight is 422 g/mol. The summed E-state index contributed by atoms with van der Waals surface area (Å²) < 4.78 is 15.2. The Kier molecular flexibility index (Phi) is 6.42. The van der Waals surface area contributed by atoms with Crippen molar-refractivity contribution in [3.63, 3.8) is 0 Å². The maximum absolute atomic E-state index is 13.0. The van der Waals surface area contributed by atoms with Gasteiger partial charge in [-0.05, 0) is 54.8 Å². The summed E-state index contributed by atoms with van der Waals surface area (Å²) in [6, 6.07) is 12.2. The maximum Gasteiger partial charge on any atom is 0.251 e. The van der Waals surface area contributed by atoms with E-state index in [2.05, 4.69) is 57.0 Å². The van der Waals surface area contributed by atoms with Crippen LogP contribution in [0.15, 0.2) is 42.5 Å². The molecule has 0 aliphatic carbocycles. The van der Waals surface area contributed by atoms with Crippen molar-refractivity contribution in [1.82, 2.24) is 25.0 Å². The molecule has 0 unspecified atom stereocenters. The fraction of sp³-hybridized carbons (Fsp3) is 0.375. The van der Waals surface area contributed by atoms with Crippen LogP contribution in [0.5, 0.6) is 0 Å². The highest BCUT2D eigenvalue weighted by Crippen LogP contribution is 2.15. The number of amides is 1. The lowest BCUT2D eigenvalue weighted by Crippen LogP contribution is -2.28. The fourth-order valence-electron chi connectivity index (χ4n) is 3.92. The van der Waals surface area contributed by atoms with Crippen LogP contribution in [0.4, 0.5) is 4.39 Å². The van der Waals surface area contributed by atoms with Gasteiger partial charge in [0.1, 0.15) is 17.5 Å². The van der Waals surface area contributed by atoms with Crippen LogP contribution < -0.4 is 5.32 Å². The van der Waals surface area contributed by atoms with Gasteiger partial charge in [0.25, 0.3) is 5.91 Å². The van der Waals surface area contributed by atoms with Gasteiger partial charge in [-0.15, -0.1) is 10.2 Å². The Morgan fingerprint density at radius 3 is 2.61 bits per heavy atom. The van der Waals surface area contributed by atoms with Crippen LogP contribution in [0, 0.1) is 19.7 Å². The molecule has 0 radical (unpaired) electrons. The summed E-state index contributed by atoms with van der Waals surface area (Å²) in [6.07, 6.45) is 1.47. The number of aryl methyl sites for hydroxylation is 2. The Bertz CT molecular complexity index is 1060. The molecule has 0 saturated carbocycles. The second kappa shape index (κ2) is 9.39. The predicted octanol–water partition coefficient (Wildman–Crippen LogP) is 3.06. The summed E-state index contributed by atoms with van der Waals surface area (Å²) in [6.45, 7) is 8.42. The summed E-state index contributed by atoms with van der Waals surface area (Å²) in [5, 5.41) is 11.6. The Morgan fingerprint density at radius 1 is 1.03 bits per heavy atom. The predicted molar refractivity (Wildman–Crippen MR) is 117 cm³/mol. The first-order valence-electron chi connectivity index (χ1n) is 10.7. The molecule has 6 nitrogen and oxygen atoms in total. The van der Waals surface area contributed by atoms with E-state index in [4.69, 9.17) is 0 Å². The molecule has 2 heterocycles. The molecular formula is C24H28FN5O. The van der Waals surface area contributed by atoms with Gasteiger partial charge in [0, 0.05) is 51.1 Å². The summed E-state index contributed by atoms with van der Waals surface area (Å²) >= 11 is 0. The number of rotatable bonds is 6. The zero-order chi connectivity index (χ0) is 21.8. The first kappa shape index (κ1) is 21.2. The molecular weight excluding hydrogens is 393 g/mol. The fourth-order valence-corrected chi connectivity index (χ4v) is 3.92. The van der Waals surface area contributed by atoms with E-state index >= 15 is 0 Å². The van der Waals surface area contributed by atoms with Crippen molar-refractivity contribution in [2.45, 2.75) is 39.8 Å². The van der Waals surface area contributed by atoms with Gasteiger partial charge < -0.3 is 9.88 Å². The number of nitrogens with zero attached hydrogens (tertiary/aromatic N) is 4. The number of fused-ring (bicyclic) bond motifs is 1. The Labute approximate surface area is 182 Å². The molecule has 7 heteroatoms. The quantitative estimate of drug-likeness (QED) is 0.665. The minimum Gasteiger partial charge on any atom is -0.352 e. The number of halogens is 1. The van der Waals surface area contributed by atoms with Gasteiger partial charge in [-0.2, -0.15) is 0 Å². The SMILES string of the molecule is Cc1ccc(CN2CCc3nnc(CCNC(=O)c4ccc(F)cc4)n3CC2)cc1C. The molecule has 31 heavy (non-hydrogen) atoms. The van der Waals surface area contributed by atoms with E-state index < -0.39 is 0 Å². The lowest BCUT2D eigenvalue weighted by molar-refractivity contribution is 0.0954. The first-order chi connectivity index (χ1) is 15.0. The van der Waals surface area contributed by atoms with Crippen LogP contribution in [0.1, 0.15) is 38.7 Å². The Hall–Kier alpha value is -3.06. The van der Waals surface area contributed by atoms with Crippen molar-refractivity contribution in [3.8, 4) is 0 Å². The van der Waals surface area contributed by atoms with Gasteiger partial charge >= 0.3 is 0 Å². The van der Waals surface area contributed by atoms with E-state index in [1.807, 2.05) is 0 Å². The third-order valence-corrected chi connectivity index (χ3v) is 5.91. The van der Waals surface area contributed by atoms with Gasteiger partial charge in [0.05, 0.1) is 0 Å². The molecule has 1 aliphatic heterocycles. The number of hydrogen-bond acceptors (Lipinski definition) is 4. The van der Waals surface area contributed by atoms with E-state index in [1.54, 1.807) is 0 Å². The second-order valence-corrected chi connectivity index (χ2v) is 8.14. The molecule has 1 aliphatic rings. The first-order valence-corrected chi connectivity index (χ1v) is 10.7. The lowest BCUT2D eigenvalue weighted by atomic mass is 10.1. The highest BCUT2D eigenvalue weighted by Gasteiger charge is 2.19. The normalized spacial score (nSPS) is 14.2. The molecule has 1 N–H and O–H groups in total. The van der Waals surface area contributed by atoms with Gasteiger partial charge in [-0.25, -0.2) is 4.39 Å². The maximum atomic E-state index is 13.0. The van der Waals surface area contributed by atoms with Crippen LogP contribution in [0.3, 0.4) is 0 Å². The highest BCUT2D eigenvalue weighted by molar-refractivity contribution is 5.94. The van der Waals surface area contributed by atoms with Gasteiger partial charge in [-0.3, -0.25) is 9.69 Å². The largest absolute Gasteiger partial charge is 0.352 e. The van der Waals surface area contributed by atoms with Crippen molar-refractivity contribution in [1.29, 1.82) is 0 Å². The highest BCUT2D eigenvalue weighted by atomic mass is 19.1. The van der Waals surface area contributed by atoms with Crippen molar-refractivity contribution in [2.75, 3.05) is 19.6 Å². The van der Waals surface area contributed by atoms with Gasteiger partial charge in [0.15, 0.2) is 0 Å². The van der Waals surface area contributed by atoms with Crippen LogP contribution in [-0.2, 0) is 25.9 Å². The third kappa shape index (κ3) is 5.17. The average Bonchev–Trinajstić information content (AvgIpc) is 3.03. The lowest BCUT2D eigenvalue weighted by Gasteiger charge is -2.20. The van der Waals surface area contributed by atoms with E-state index in [0.717, 1.165) is 44.2 Å². The minimum absolute atomic E-state index is 0.213. The van der Waals surface area contributed by atoms with Crippen molar-refractivity contribution in [2.24, 2.45) is 0 Å². The number of carbonyl (C=O) groups excluding carboxylic acids is 1. The van der Waals surface area contributed by atoms with Crippen molar-refractivity contribution >= 4 is 5.91 Å². The third-order valence-electron chi connectivity index (χ3n) is 5.91. The van der Waals surface area contributed by atoms with E-state index in [1.165, 1.54) is 41.0 Å². The van der Waals surface area contributed by atoms with Crippen LogP contribution in [0.2, 0.25) is 0 Å². The van der Waals surface area contributed by atoms with Crippen LogP contribution in [0.25, 0.3) is 0 Å². The molecule has 4 rings (SSSR count). The zero-order valence-corrected chi connectivity index (χ0v) is 18.1. The standard InChI is InChI=1S/C24H28FN5O/c1-17-3-4-19(15-18(17)2)16-29-12-10-23-28-27-22(30(23)14-13-29)9-11-26-24(31)20-5-7-21(25)8-6-20/h3-8,15H,9-14,16H2,1-2H3,(H,26,31). The van der Waals surface area contributed by atoms with Crippen LogP contribution >= 0.6 is 0 Å². The second-order valence-electron chi connectivity index (χ2n) is 8.14. The molecule has 162 valence electrons. The Morgan fingerprint density at radius 2 is 1.84 bits per heavy atom. The number of benzene rings is 2. The Balaban J connectivity index is 1.31. The van der Waals surface area contributed by atoms with E-state index in [9.17, 15) is 9.18 Å². The summed E-state index contributed by atoms with van der Waals surface area (Å²) in [4.78, 5) is 14.7. The van der Waals surface area contributed by atoms with E-state index in [0.29, 0.717) is 18.5 Å². The van der Waals surface area contributed by atoms with Crippen molar-refractivity contribution < 1.29 is 9.18 Å². The van der Waals surface area contributed by atoms with Gasteiger partial charge in [0.2, 0.25) is 0 Å². The molecule has 1 amide bonds. The monoisotopic (exact) mass is 421 g/mol. The minimum atomic E-state index is -0.353. The summed E-state index contributed by atoms with van der Waals surface area (Å²) in [5.41, 5.74) is 4.43. The van der Waals surface area contributed by atoms with Crippen LogP contribution in [-0.4, -0.2) is 45.2 Å². The molecule has 0 bridgehead atoms. The number of nitrogens with one attached hydrogen (secondary N) is 1. The molecule has 1 aromatic heterocycles. The zero-order valence-electron chi connectivity index (χ0n) is 18.1. The summed E-state index contributed by atoms with van der Waals surface area (Å²) in [5.74, 6) is 1.33. The van der Waals surface area contributed by atoms with E-state index in [-0.39, 0.29) is 11.7 Å². The van der Waals surface area contributed by atoms with Gasteiger partial charge in [-0.1, -0.05) is 18.2 Å². The summed E-state index contributed by atoms with van der Waals surface area (Å²) in [7, 11) is 0. The molecule has 3 aromatic rings. The van der Waals surface area contributed by atoms with Crippen molar-refractivity contribution in [3.05, 3.63) is 82.2 Å². The topological polar surface area (TPSA) is 63.1 Å². The molecule has 0 atom stereocenters. The number of hydrogen-bond donors (Lipinski definition) is 1. The molecule has 2 aromatic carbocycles. The molecule has 0 saturated heterocycles. The number of aromatic nitrogens is 3. The number of carbonyl (C=O) groups is 1. The smallest absolute Gasteiger partial charge is 0.251 e. The molecule has 0 fully saturated rings. The molecule has 0 spiro atoms.